The number of nitrogens with one attached hydrogen (secondary N) is 1. The summed E-state index contributed by atoms with van der Waals surface area (Å²) >= 11 is 6.40. The minimum Gasteiger partial charge on any atom is -0.300 e. The lowest BCUT2D eigenvalue weighted by molar-refractivity contribution is -0.115. The minimum atomic E-state index is -0.103. The van der Waals surface area contributed by atoms with Gasteiger partial charge in [0.2, 0.25) is 0 Å². The highest BCUT2D eigenvalue weighted by molar-refractivity contribution is 9.10. The van der Waals surface area contributed by atoms with Crippen molar-refractivity contribution in [2.24, 2.45) is 4.99 Å². The number of rotatable bonds is 2. The lowest BCUT2D eigenvalue weighted by Crippen LogP contribution is -2.19. The van der Waals surface area contributed by atoms with Gasteiger partial charge in [0, 0.05) is 9.35 Å². The van der Waals surface area contributed by atoms with Gasteiger partial charge in [0.1, 0.15) is 0 Å². The highest BCUT2D eigenvalue weighted by Gasteiger charge is 2.24. The quantitative estimate of drug-likeness (QED) is 0.802. The summed E-state index contributed by atoms with van der Waals surface area (Å²) < 4.78 is 0.901. The van der Waals surface area contributed by atoms with E-state index in [4.69, 9.17) is 0 Å². The summed E-state index contributed by atoms with van der Waals surface area (Å²) in [5.74, 6) is -0.103. The van der Waals surface area contributed by atoms with Gasteiger partial charge in [-0.15, -0.1) is 11.3 Å². The molecular weight excluding hydrogens is 356 g/mol. The normalized spacial score (nSPS) is 18.8. The summed E-state index contributed by atoms with van der Waals surface area (Å²) in [6, 6.07) is 11.6. The number of amides is 1. The second-order valence-corrected chi connectivity index (χ2v) is 6.81. The number of halogens is 1. The van der Waals surface area contributed by atoms with Gasteiger partial charge in [-0.1, -0.05) is 18.2 Å². The average Bonchev–Trinajstić information content (AvgIpc) is 3.04. The summed E-state index contributed by atoms with van der Waals surface area (Å²) in [4.78, 5) is 18.1. The molecule has 6 heteroatoms. The maximum atomic E-state index is 11.9. The van der Waals surface area contributed by atoms with Crippen molar-refractivity contribution in [3.8, 4) is 0 Å². The number of thiophene rings is 1. The molecule has 0 radical (unpaired) electrons. The molecule has 2 aromatic rings. The van der Waals surface area contributed by atoms with Gasteiger partial charge < -0.3 is 5.32 Å². The van der Waals surface area contributed by atoms with Crippen molar-refractivity contribution in [2.45, 2.75) is 0 Å². The van der Waals surface area contributed by atoms with Crippen molar-refractivity contribution >= 4 is 61.9 Å². The van der Waals surface area contributed by atoms with Crippen LogP contribution in [0.25, 0.3) is 6.08 Å². The zero-order valence-corrected chi connectivity index (χ0v) is 13.4. The number of benzene rings is 1. The third-order valence-electron chi connectivity index (χ3n) is 2.54. The second kappa shape index (κ2) is 5.95. The van der Waals surface area contributed by atoms with E-state index in [1.165, 1.54) is 11.8 Å². The number of carbonyl (C=O) groups excluding carboxylic acids is 1. The number of para-hydroxylation sites is 1. The fraction of sp³-hybridized carbons (Fsp3) is 0. The first-order valence-electron chi connectivity index (χ1n) is 5.80. The number of nitrogens with zero attached hydrogens (tertiary/aromatic N) is 1. The van der Waals surface area contributed by atoms with Gasteiger partial charge in [-0.25, -0.2) is 4.99 Å². The van der Waals surface area contributed by atoms with E-state index in [1.807, 2.05) is 47.9 Å². The number of amidine groups is 1. The van der Waals surface area contributed by atoms with Gasteiger partial charge in [0.25, 0.3) is 5.91 Å². The van der Waals surface area contributed by atoms with Crippen LogP contribution in [0.15, 0.2) is 56.1 Å². The lowest BCUT2D eigenvalue weighted by Gasteiger charge is -1.98. The van der Waals surface area contributed by atoms with Crippen molar-refractivity contribution in [1.82, 2.24) is 5.32 Å². The molecule has 1 aliphatic heterocycles. The van der Waals surface area contributed by atoms with Crippen LogP contribution >= 0.6 is 39.0 Å². The Labute approximate surface area is 132 Å². The standard InChI is InChI=1S/C14H9BrN2OS2/c15-10-5-1-2-6-11(10)16-14-17-13(18)12(20-14)8-9-4-3-7-19-9/h1-8H,(H,16,17,18). The van der Waals surface area contributed by atoms with E-state index in [2.05, 4.69) is 26.2 Å². The van der Waals surface area contributed by atoms with Crippen LogP contribution in [-0.2, 0) is 4.79 Å². The van der Waals surface area contributed by atoms with Crippen LogP contribution in [0, 0.1) is 0 Å². The number of thioether (sulfide) groups is 1. The molecular formula is C14H9BrN2OS2. The Balaban J connectivity index is 1.85. The Bertz CT molecular complexity index is 708. The molecule has 1 fully saturated rings. The Morgan fingerprint density at radius 1 is 1.20 bits per heavy atom. The molecule has 1 N–H and O–H groups in total. The van der Waals surface area contributed by atoms with Crippen LogP contribution in [0.5, 0.6) is 0 Å². The molecule has 0 aliphatic carbocycles. The van der Waals surface area contributed by atoms with Gasteiger partial charge in [-0.2, -0.15) is 0 Å². The number of hydrogen-bond acceptors (Lipinski definition) is 4. The van der Waals surface area contributed by atoms with Crippen LogP contribution < -0.4 is 5.32 Å². The monoisotopic (exact) mass is 364 g/mol. The Morgan fingerprint density at radius 2 is 2.05 bits per heavy atom. The molecule has 0 bridgehead atoms. The van der Waals surface area contributed by atoms with Crippen LogP contribution in [0.2, 0.25) is 0 Å². The van der Waals surface area contributed by atoms with E-state index in [9.17, 15) is 4.79 Å². The minimum absolute atomic E-state index is 0.103. The molecule has 0 unspecified atom stereocenters. The molecule has 1 aromatic carbocycles. The molecule has 2 heterocycles. The van der Waals surface area contributed by atoms with Crippen molar-refractivity contribution < 1.29 is 4.79 Å². The largest absolute Gasteiger partial charge is 0.300 e. The second-order valence-electron chi connectivity index (χ2n) is 3.95. The number of aliphatic imine (C=N–C) groups is 1. The van der Waals surface area contributed by atoms with Crippen molar-refractivity contribution in [1.29, 1.82) is 0 Å². The van der Waals surface area contributed by atoms with Gasteiger partial charge in [0.15, 0.2) is 5.17 Å². The number of hydrogen-bond donors (Lipinski definition) is 1. The third-order valence-corrected chi connectivity index (χ3v) is 4.94. The topological polar surface area (TPSA) is 41.5 Å². The maximum Gasteiger partial charge on any atom is 0.264 e. The molecule has 1 saturated heterocycles. The number of carbonyl (C=O) groups is 1. The first-order chi connectivity index (χ1) is 9.72. The molecule has 0 spiro atoms. The molecule has 3 nitrogen and oxygen atoms in total. The SMILES string of the molecule is O=C1NC(=Nc2ccccc2Br)SC1=Cc1cccs1. The summed E-state index contributed by atoms with van der Waals surface area (Å²) in [6.07, 6.45) is 1.88. The van der Waals surface area contributed by atoms with E-state index in [1.54, 1.807) is 11.3 Å². The zero-order valence-electron chi connectivity index (χ0n) is 10.2. The molecule has 0 saturated carbocycles. The summed E-state index contributed by atoms with van der Waals surface area (Å²) in [5.41, 5.74) is 0.799. The fourth-order valence-corrected chi connectivity index (χ4v) is 3.57. The van der Waals surface area contributed by atoms with Crippen LogP contribution in [0.1, 0.15) is 4.88 Å². The van der Waals surface area contributed by atoms with Crippen LogP contribution in [0.3, 0.4) is 0 Å². The average molecular weight is 365 g/mol. The molecule has 3 rings (SSSR count). The molecule has 20 heavy (non-hydrogen) atoms. The van der Waals surface area contributed by atoms with Gasteiger partial charge in [-0.05, 0) is 57.3 Å². The van der Waals surface area contributed by atoms with Crippen molar-refractivity contribution in [3.63, 3.8) is 0 Å². The van der Waals surface area contributed by atoms with Crippen molar-refractivity contribution in [2.75, 3.05) is 0 Å². The molecule has 100 valence electrons. The highest BCUT2D eigenvalue weighted by atomic mass is 79.9. The van der Waals surface area contributed by atoms with Crippen molar-refractivity contribution in [3.05, 3.63) is 56.0 Å². The third kappa shape index (κ3) is 3.03. The Kier molecular flexibility index (Phi) is 4.05. The van der Waals surface area contributed by atoms with E-state index < -0.39 is 0 Å². The van der Waals surface area contributed by atoms with E-state index >= 15 is 0 Å². The Morgan fingerprint density at radius 3 is 2.80 bits per heavy atom. The highest BCUT2D eigenvalue weighted by Crippen LogP contribution is 2.31. The van der Waals surface area contributed by atoms with E-state index in [0.29, 0.717) is 10.1 Å². The van der Waals surface area contributed by atoms with E-state index in [-0.39, 0.29) is 5.91 Å². The molecule has 1 aliphatic rings. The summed E-state index contributed by atoms with van der Waals surface area (Å²) in [7, 11) is 0. The predicted octanol–water partition coefficient (Wildman–Crippen LogP) is 4.40. The molecule has 1 amide bonds. The summed E-state index contributed by atoms with van der Waals surface area (Å²) in [5, 5.41) is 5.37. The molecule has 0 atom stereocenters. The Hall–Kier alpha value is -1.37. The fourth-order valence-electron chi connectivity index (χ4n) is 1.63. The lowest BCUT2D eigenvalue weighted by atomic mass is 10.3. The van der Waals surface area contributed by atoms with Crippen LogP contribution in [-0.4, -0.2) is 11.1 Å². The maximum absolute atomic E-state index is 11.9. The first kappa shape index (κ1) is 13.6. The predicted molar refractivity (Wildman–Crippen MR) is 89.3 cm³/mol. The smallest absolute Gasteiger partial charge is 0.264 e. The van der Waals surface area contributed by atoms with E-state index in [0.717, 1.165) is 15.0 Å². The molecule has 1 aromatic heterocycles. The first-order valence-corrected chi connectivity index (χ1v) is 8.29. The van der Waals surface area contributed by atoms with Gasteiger partial charge in [0.05, 0.1) is 10.6 Å². The summed E-state index contributed by atoms with van der Waals surface area (Å²) in [6.45, 7) is 0. The van der Waals surface area contributed by atoms with Gasteiger partial charge in [-0.3, -0.25) is 4.79 Å². The van der Waals surface area contributed by atoms with Crippen LogP contribution in [0.4, 0.5) is 5.69 Å². The van der Waals surface area contributed by atoms with Gasteiger partial charge >= 0.3 is 0 Å². The zero-order chi connectivity index (χ0) is 13.9.